The molecule has 1 saturated carbocycles. The minimum atomic E-state index is -0.979. The van der Waals surface area contributed by atoms with Crippen molar-refractivity contribution in [3.8, 4) is 0 Å². The van der Waals surface area contributed by atoms with Gasteiger partial charge in [-0.2, -0.15) is 0 Å². The van der Waals surface area contributed by atoms with Crippen molar-refractivity contribution in [3.05, 3.63) is 71.5 Å². The maximum atomic E-state index is 13.5. The van der Waals surface area contributed by atoms with Crippen molar-refractivity contribution in [1.29, 1.82) is 0 Å². The number of amides is 1. The molecule has 2 aromatic rings. The summed E-state index contributed by atoms with van der Waals surface area (Å²) in [5, 5.41) is 2.92. The van der Waals surface area contributed by atoms with E-state index >= 15 is 0 Å². The van der Waals surface area contributed by atoms with E-state index in [4.69, 9.17) is 23.2 Å². The number of benzene rings is 2. The number of rotatable bonds is 4. The highest BCUT2D eigenvalue weighted by Crippen LogP contribution is 2.53. The average molecular weight is 338 g/mol. The Kier molecular flexibility index (Phi) is 4.11. The van der Waals surface area contributed by atoms with Gasteiger partial charge in [-0.1, -0.05) is 42.5 Å². The Hall–Kier alpha value is -1.58. The minimum Gasteiger partial charge on any atom is -0.345 e. The summed E-state index contributed by atoms with van der Waals surface area (Å²) in [5.74, 6) is -0.984. The molecule has 0 radical (unpaired) electrons. The van der Waals surface area contributed by atoms with Crippen LogP contribution >= 0.6 is 23.2 Å². The highest BCUT2D eigenvalue weighted by atomic mass is 35.5. The molecule has 3 rings (SSSR count). The van der Waals surface area contributed by atoms with Crippen molar-refractivity contribution in [2.24, 2.45) is 5.92 Å². The lowest BCUT2D eigenvalue weighted by Crippen LogP contribution is -2.31. The summed E-state index contributed by atoms with van der Waals surface area (Å²) in [4.78, 5) is 12.3. The molecule has 114 valence electrons. The van der Waals surface area contributed by atoms with Crippen LogP contribution < -0.4 is 5.32 Å². The Morgan fingerprint density at radius 2 is 1.77 bits per heavy atom. The van der Waals surface area contributed by atoms with Crippen molar-refractivity contribution < 1.29 is 9.18 Å². The standard InChI is InChI=1S/C17H14Cl2FNO/c18-17(19)10-14(17)16(22)21-15(11-5-2-1-3-6-11)12-7-4-8-13(20)9-12/h1-9,14-15H,10H2,(H,21,22)/t14-,15+/m1/s1. The third-order valence-corrected chi connectivity index (χ3v) is 4.58. The fraction of sp³-hybridized carbons (Fsp3) is 0.235. The second kappa shape index (κ2) is 5.90. The van der Waals surface area contributed by atoms with E-state index < -0.39 is 16.3 Å². The molecule has 1 aliphatic rings. The van der Waals surface area contributed by atoms with Crippen LogP contribution in [0.5, 0.6) is 0 Å². The van der Waals surface area contributed by atoms with Gasteiger partial charge in [0.05, 0.1) is 12.0 Å². The fourth-order valence-electron chi connectivity index (χ4n) is 2.43. The first-order valence-corrected chi connectivity index (χ1v) is 7.71. The molecule has 0 bridgehead atoms. The zero-order chi connectivity index (χ0) is 15.7. The highest BCUT2D eigenvalue weighted by Gasteiger charge is 2.56. The number of alkyl halides is 2. The number of carbonyl (C=O) groups is 1. The van der Waals surface area contributed by atoms with Gasteiger partial charge in [0.25, 0.3) is 0 Å². The number of nitrogens with one attached hydrogen (secondary N) is 1. The Morgan fingerprint density at radius 1 is 1.14 bits per heavy atom. The van der Waals surface area contributed by atoms with Crippen molar-refractivity contribution in [2.75, 3.05) is 0 Å². The first kappa shape index (κ1) is 15.3. The maximum Gasteiger partial charge on any atom is 0.227 e. The van der Waals surface area contributed by atoms with E-state index in [1.54, 1.807) is 12.1 Å². The van der Waals surface area contributed by atoms with Gasteiger partial charge < -0.3 is 5.32 Å². The fourth-order valence-corrected chi connectivity index (χ4v) is 2.94. The molecule has 2 atom stereocenters. The third kappa shape index (κ3) is 3.26. The number of hydrogen-bond acceptors (Lipinski definition) is 1. The molecular weight excluding hydrogens is 324 g/mol. The lowest BCUT2D eigenvalue weighted by molar-refractivity contribution is -0.122. The van der Waals surface area contributed by atoms with Crippen LogP contribution in [-0.2, 0) is 4.79 Å². The lowest BCUT2D eigenvalue weighted by atomic mass is 9.98. The van der Waals surface area contributed by atoms with Crippen LogP contribution in [0.4, 0.5) is 4.39 Å². The average Bonchev–Trinajstić information content (AvgIpc) is 3.14. The molecule has 0 unspecified atom stereocenters. The van der Waals surface area contributed by atoms with Crippen LogP contribution in [0.1, 0.15) is 23.6 Å². The SMILES string of the molecule is O=C(N[C@@H](c1ccccc1)c1cccc(F)c1)[C@H]1CC1(Cl)Cl. The Morgan fingerprint density at radius 3 is 2.36 bits per heavy atom. The van der Waals surface area contributed by atoms with Gasteiger partial charge in [-0.3, -0.25) is 4.79 Å². The third-order valence-electron chi connectivity index (χ3n) is 3.74. The van der Waals surface area contributed by atoms with Gasteiger partial charge in [-0.25, -0.2) is 4.39 Å². The van der Waals surface area contributed by atoms with Crippen LogP contribution in [-0.4, -0.2) is 10.2 Å². The highest BCUT2D eigenvalue weighted by molar-refractivity contribution is 6.52. The normalized spacial score (nSPS) is 20.2. The second-order valence-corrected chi connectivity index (χ2v) is 6.97. The van der Waals surface area contributed by atoms with Gasteiger partial charge in [-0.15, -0.1) is 23.2 Å². The Bertz CT molecular complexity index is 690. The molecule has 0 aromatic heterocycles. The van der Waals surface area contributed by atoms with Crippen LogP contribution in [0.15, 0.2) is 54.6 Å². The quantitative estimate of drug-likeness (QED) is 0.831. The van der Waals surface area contributed by atoms with Gasteiger partial charge in [0.15, 0.2) is 0 Å². The largest absolute Gasteiger partial charge is 0.345 e. The molecule has 0 heterocycles. The Labute approximate surface area is 138 Å². The zero-order valence-electron chi connectivity index (χ0n) is 11.6. The molecule has 0 aliphatic heterocycles. The van der Waals surface area contributed by atoms with Crippen LogP contribution in [0.3, 0.4) is 0 Å². The molecule has 2 aromatic carbocycles. The van der Waals surface area contributed by atoms with Crippen molar-refractivity contribution in [1.82, 2.24) is 5.32 Å². The summed E-state index contributed by atoms with van der Waals surface area (Å²) in [5.41, 5.74) is 1.55. The smallest absolute Gasteiger partial charge is 0.227 e. The lowest BCUT2D eigenvalue weighted by Gasteiger charge is -2.20. The van der Waals surface area contributed by atoms with Crippen LogP contribution in [0, 0.1) is 11.7 Å². The van der Waals surface area contributed by atoms with Crippen molar-refractivity contribution >= 4 is 29.1 Å². The van der Waals surface area contributed by atoms with Gasteiger partial charge in [0.2, 0.25) is 5.91 Å². The molecule has 1 N–H and O–H groups in total. The number of halogens is 3. The van der Waals surface area contributed by atoms with Gasteiger partial charge >= 0.3 is 0 Å². The van der Waals surface area contributed by atoms with E-state index in [9.17, 15) is 9.18 Å². The summed E-state index contributed by atoms with van der Waals surface area (Å²) in [6, 6.07) is 15.2. The molecular formula is C17H14Cl2FNO. The molecule has 2 nitrogen and oxygen atoms in total. The van der Waals surface area contributed by atoms with E-state index in [0.29, 0.717) is 12.0 Å². The summed E-state index contributed by atoms with van der Waals surface area (Å²) >= 11 is 11.9. The predicted octanol–water partition coefficient (Wildman–Crippen LogP) is 4.23. The minimum absolute atomic E-state index is 0.219. The maximum absolute atomic E-state index is 13.5. The molecule has 22 heavy (non-hydrogen) atoms. The first-order valence-electron chi connectivity index (χ1n) is 6.96. The number of carbonyl (C=O) groups excluding carboxylic acids is 1. The number of hydrogen-bond donors (Lipinski definition) is 1. The predicted molar refractivity (Wildman–Crippen MR) is 85.4 cm³/mol. The van der Waals surface area contributed by atoms with Crippen LogP contribution in [0.25, 0.3) is 0 Å². The van der Waals surface area contributed by atoms with E-state index in [1.165, 1.54) is 12.1 Å². The molecule has 5 heteroatoms. The van der Waals surface area contributed by atoms with Gasteiger partial charge in [0.1, 0.15) is 10.2 Å². The van der Waals surface area contributed by atoms with E-state index in [0.717, 1.165) is 5.56 Å². The molecule has 0 spiro atoms. The summed E-state index contributed by atoms with van der Waals surface area (Å²) in [6.07, 6.45) is 0.437. The first-order chi connectivity index (χ1) is 10.5. The Balaban J connectivity index is 1.89. The molecule has 1 amide bonds. The van der Waals surface area contributed by atoms with Crippen molar-refractivity contribution in [3.63, 3.8) is 0 Å². The summed E-state index contributed by atoms with van der Waals surface area (Å²) < 4.78 is 12.5. The van der Waals surface area contributed by atoms with Crippen LogP contribution in [0.2, 0.25) is 0 Å². The molecule has 1 fully saturated rings. The van der Waals surface area contributed by atoms with E-state index in [-0.39, 0.29) is 11.7 Å². The second-order valence-electron chi connectivity index (χ2n) is 5.43. The summed E-state index contributed by atoms with van der Waals surface area (Å²) in [7, 11) is 0. The monoisotopic (exact) mass is 337 g/mol. The topological polar surface area (TPSA) is 29.1 Å². The summed E-state index contributed by atoms with van der Waals surface area (Å²) in [6.45, 7) is 0. The van der Waals surface area contributed by atoms with Crippen molar-refractivity contribution in [2.45, 2.75) is 16.8 Å². The van der Waals surface area contributed by atoms with E-state index in [2.05, 4.69) is 5.32 Å². The molecule has 0 saturated heterocycles. The van der Waals surface area contributed by atoms with Gasteiger partial charge in [0, 0.05) is 0 Å². The van der Waals surface area contributed by atoms with E-state index in [1.807, 2.05) is 30.3 Å². The molecule has 1 aliphatic carbocycles. The zero-order valence-corrected chi connectivity index (χ0v) is 13.1. The van der Waals surface area contributed by atoms with Gasteiger partial charge in [-0.05, 0) is 29.7 Å².